The molecule has 2 aliphatic heterocycles. The van der Waals surface area contributed by atoms with Crippen LogP contribution in [0.4, 0.5) is 0 Å². The average molecular weight is 307 g/mol. The molecule has 2 heterocycles. The molecule has 1 fully saturated rings. The molecule has 0 aliphatic carbocycles. The van der Waals surface area contributed by atoms with Gasteiger partial charge in [0.15, 0.2) is 11.5 Å². The molecule has 0 bridgehead atoms. The van der Waals surface area contributed by atoms with E-state index in [4.69, 9.17) is 18.9 Å². The highest BCUT2D eigenvalue weighted by Gasteiger charge is 2.39. The molecule has 0 N–H and O–H groups in total. The molecule has 0 aromatic heterocycles. The Hall–Kier alpha value is -1.79. The fourth-order valence-electron chi connectivity index (χ4n) is 2.60. The number of hydrogen-bond donors (Lipinski definition) is 0. The minimum absolute atomic E-state index is 0.0603. The second-order valence-electron chi connectivity index (χ2n) is 5.64. The third kappa shape index (κ3) is 3.69. The Kier molecular flexibility index (Phi) is 4.49. The van der Waals surface area contributed by atoms with Gasteiger partial charge in [0.2, 0.25) is 0 Å². The third-order valence-electron chi connectivity index (χ3n) is 3.74. The number of nitrogens with zero attached hydrogens (tertiary/aromatic N) is 1. The lowest BCUT2D eigenvalue weighted by Gasteiger charge is -2.26. The number of ether oxygens (including phenoxy) is 4. The molecule has 2 aliphatic rings. The summed E-state index contributed by atoms with van der Waals surface area (Å²) in [5.41, 5.74) is 0. The zero-order chi connectivity index (χ0) is 15.4. The minimum Gasteiger partial charge on any atom is -0.464 e. The normalized spacial score (nSPS) is 19.9. The lowest BCUT2D eigenvalue weighted by Crippen LogP contribution is -2.40. The number of carbonyl (C=O) groups excluding carboxylic acids is 1. The predicted octanol–water partition coefficient (Wildman–Crippen LogP) is 1.44. The fourth-order valence-corrected chi connectivity index (χ4v) is 2.60. The molecule has 120 valence electrons. The molecule has 0 amide bonds. The Morgan fingerprint density at radius 2 is 1.86 bits per heavy atom. The summed E-state index contributed by atoms with van der Waals surface area (Å²) in [7, 11) is 0. The van der Waals surface area contributed by atoms with Crippen molar-refractivity contribution < 1.29 is 23.7 Å². The molecule has 0 radical (unpaired) electrons. The first-order valence-electron chi connectivity index (χ1n) is 7.57. The molecule has 0 atom stereocenters. The van der Waals surface area contributed by atoms with E-state index in [9.17, 15) is 4.79 Å². The monoisotopic (exact) mass is 307 g/mol. The molecular weight excluding hydrogens is 286 g/mol. The van der Waals surface area contributed by atoms with E-state index in [1.54, 1.807) is 6.92 Å². The van der Waals surface area contributed by atoms with E-state index in [-0.39, 0.29) is 12.4 Å². The van der Waals surface area contributed by atoms with E-state index < -0.39 is 5.79 Å². The van der Waals surface area contributed by atoms with Gasteiger partial charge in [0.1, 0.15) is 13.0 Å². The van der Waals surface area contributed by atoms with Gasteiger partial charge in [-0.15, -0.1) is 0 Å². The molecule has 1 aromatic carbocycles. The molecule has 6 nitrogen and oxygen atoms in total. The maximum absolute atomic E-state index is 12.0. The van der Waals surface area contributed by atoms with Gasteiger partial charge in [-0.25, -0.2) is 0 Å². The Bertz CT molecular complexity index is 502. The largest absolute Gasteiger partial charge is 0.464 e. The molecule has 1 aromatic rings. The van der Waals surface area contributed by atoms with Crippen LogP contribution in [0.25, 0.3) is 0 Å². The van der Waals surface area contributed by atoms with Crippen LogP contribution in [0.2, 0.25) is 0 Å². The van der Waals surface area contributed by atoms with E-state index in [2.05, 4.69) is 4.90 Å². The van der Waals surface area contributed by atoms with Gasteiger partial charge < -0.3 is 18.9 Å². The van der Waals surface area contributed by atoms with Crippen LogP contribution in [0, 0.1) is 0 Å². The van der Waals surface area contributed by atoms with Crippen molar-refractivity contribution in [3.05, 3.63) is 24.3 Å². The number of para-hydroxylation sites is 2. The van der Waals surface area contributed by atoms with Gasteiger partial charge in [-0.3, -0.25) is 9.69 Å². The summed E-state index contributed by atoms with van der Waals surface area (Å²) in [5, 5.41) is 0. The summed E-state index contributed by atoms with van der Waals surface area (Å²) in [5.74, 6) is 0.0144. The summed E-state index contributed by atoms with van der Waals surface area (Å²) in [4.78, 5) is 14.2. The van der Waals surface area contributed by atoms with E-state index in [1.165, 1.54) is 0 Å². The number of hydrogen-bond acceptors (Lipinski definition) is 6. The van der Waals surface area contributed by atoms with Crippen LogP contribution >= 0.6 is 0 Å². The van der Waals surface area contributed by atoms with Crippen LogP contribution in [-0.2, 0) is 14.3 Å². The maximum atomic E-state index is 12.0. The summed E-state index contributed by atoms with van der Waals surface area (Å²) in [6.45, 7) is 6.11. The summed E-state index contributed by atoms with van der Waals surface area (Å²) in [6.07, 6.45) is 0.0603. The summed E-state index contributed by atoms with van der Waals surface area (Å²) < 4.78 is 22.0. The zero-order valence-electron chi connectivity index (χ0n) is 12.7. The number of rotatable bonds is 5. The molecule has 3 rings (SSSR count). The van der Waals surface area contributed by atoms with Crippen LogP contribution < -0.4 is 9.47 Å². The van der Waals surface area contributed by atoms with Crippen molar-refractivity contribution in [3.8, 4) is 11.5 Å². The van der Waals surface area contributed by atoms with E-state index >= 15 is 0 Å². The van der Waals surface area contributed by atoms with Crippen molar-refractivity contribution in [3.63, 3.8) is 0 Å². The minimum atomic E-state index is -0.986. The molecule has 0 saturated carbocycles. The van der Waals surface area contributed by atoms with E-state index in [0.717, 1.165) is 32.8 Å². The van der Waals surface area contributed by atoms with Gasteiger partial charge in [-0.05, 0) is 12.1 Å². The quantitative estimate of drug-likeness (QED) is 0.767. The Morgan fingerprint density at radius 3 is 2.50 bits per heavy atom. The predicted molar refractivity (Wildman–Crippen MR) is 78.9 cm³/mol. The van der Waals surface area contributed by atoms with Crippen LogP contribution in [0.5, 0.6) is 11.5 Å². The van der Waals surface area contributed by atoms with Crippen molar-refractivity contribution in [2.45, 2.75) is 19.1 Å². The second kappa shape index (κ2) is 6.54. The number of benzene rings is 1. The Labute approximate surface area is 129 Å². The third-order valence-corrected chi connectivity index (χ3v) is 3.74. The lowest BCUT2D eigenvalue weighted by atomic mass is 10.2. The molecule has 1 saturated heterocycles. The van der Waals surface area contributed by atoms with Crippen molar-refractivity contribution in [2.24, 2.45) is 0 Å². The highest BCUT2D eigenvalue weighted by Crippen LogP contribution is 2.40. The van der Waals surface area contributed by atoms with Crippen molar-refractivity contribution in [2.75, 3.05) is 39.5 Å². The van der Waals surface area contributed by atoms with Crippen LogP contribution in [0.15, 0.2) is 24.3 Å². The van der Waals surface area contributed by atoms with Gasteiger partial charge in [0, 0.05) is 26.6 Å². The first kappa shape index (κ1) is 15.1. The first-order valence-corrected chi connectivity index (χ1v) is 7.57. The van der Waals surface area contributed by atoms with E-state index in [1.807, 2.05) is 24.3 Å². The lowest BCUT2D eigenvalue weighted by molar-refractivity contribution is -0.156. The van der Waals surface area contributed by atoms with Gasteiger partial charge in [0.25, 0.3) is 5.79 Å². The summed E-state index contributed by atoms with van der Waals surface area (Å²) >= 11 is 0. The maximum Gasteiger partial charge on any atom is 0.313 e. The van der Waals surface area contributed by atoms with Crippen LogP contribution in [0.3, 0.4) is 0 Å². The number of esters is 1. The van der Waals surface area contributed by atoms with Crippen molar-refractivity contribution in [1.29, 1.82) is 0 Å². The first-order chi connectivity index (χ1) is 10.6. The molecular formula is C16H21NO5. The Balaban J connectivity index is 1.42. The number of fused-ring (bicyclic) bond motifs is 1. The van der Waals surface area contributed by atoms with Crippen LogP contribution in [0.1, 0.15) is 13.3 Å². The Morgan fingerprint density at radius 1 is 1.23 bits per heavy atom. The van der Waals surface area contributed by atoms with Gasteiger partial charge >= 0.3 is 5.97 Å². The molecule has 0 unspecified atom stereocenters. The van der Waals surface area contributed by atoms with Crippen LogP contribution in [-0.4, -0.2) is 56.1 Å². The highest BCUT2D eigenvalue weighted by atomic mass is 16.7. The van der Waals surface area contributed by atoms with E-state index in [0.29, 0.717) is 18.1 Å². The fraction of sp³-hybridized carbons (Fsp3) is 0.562. The smallest absolute Gasteiger partial charge is 0.313 e. The highest BCUT2D eigenvalue weighted by molar-refractivity contribution is 5.70. The molecule has 22 heavy (non-hydrogen) atoms. The second-order valence-corrected chi connectivity index (χ2v) is 5.64. The van der Waals surface area contributed by atoms with Gasteiger partial charge in [-0.2, -0.15) is 0 Å². The molecule has 6 heteroatoms. The zero-order valence-corrected chi connectivity index (χ0v) is 12.7. The number of morpholine rings is 1. The summed E-state index contributed by atoms with van der Waals surface area (Å²) in [6, 6.07) is 7.39. The van der Waals surface area contributed by atoms with Gasteiger partial charge in [-0.1, -0.05) is 12.1 Å². The average Bonchev–Trinajstić information content (AvgIpc) is 2.83. The van der Waals surface area contributed by atoms with Crippen molar-refractivity contribution in [1.82, 2.24) is 4.90 Å². The van der Waals surface area contributed by atoms with Crippen molar-refractivity contribution >= 4 is 5.97 Å². The SMILES string of the molecule is CC1(CC(=O)OCCN2CCOCC2)Oc2ccccc2O1. The molecule has 0 spiro atoms. The topological polar surface area (TPSA) is 57.2 Å². The number of carbonyl (C=O) groups is 1. The standard InChI is InChI=1S/C16H21NO5/c1-16(21-13-4-2-3-5-14(13)22-16)12-15(18)20-11-8-17-6-9-19-10-7-17/h2-5H,6-12H2,1H3. The van der Waals surface area contributed by atoms with Gasteiger partial charge in [0.05, 0.1) is 13.2 Å².